The molecule has 19 heavy (non-hydrogen) atoms. The zero-order valence-electron chi connectivity index (χ0n) is 11.6. The summed E-state index contributed by atoms with van der Waals surface area (Å²) >= 11 is 0. The monoisotopic (exact) mass is 271 g/mol. The van der Waals surface area contributed by atoms with E-state index in [0.717, 1.165) is 19.2 Å². The third kappa shape index (κ3) is 5.85. The molecular formula is C13H21NO5. The molecule has 0 amide bonds. The summed E-state index contributed by atoms with van der Waals surface area (Å²) < 4.78 is 10.6. The van der Waals surface area contributed by atoms with Crippen molar-refractivity contribution in [1.82, 2.24) is 4.90 Å². The summed E-state index contributed by atoms with van der Waals surface area (Å²) in [5.41, 5.74) is -0.0868. The second kappa shape index (κ2) is 6.68. The van der Waals surface area contributed by atoms with E-state index in [1.54, 1.807) is 0 Å². The van der Waals surface area contributed by atoms with Gasteiger partial charge in [-0.2, -0.15) is 0 Å². The Kier molecular flexibility index (Phi) is 5.50. The molecule has 0 radical (unpaired) electrons. The molecule has 1 aliphatic heterocycles. The number of hydrogen-bond acceptors (Lipinski definition) is 5. The van der Waals surface area contributed by atoms with Crippen LogP contribution in [0.4, 0.5) is 0 Å². The van der Waals surface area contributed by atoms with Crippen LogP contribution in [0.1, 0.15) is 20.8 Å². The SMILES string of the molecule is C/C(=C\C(=O)O)C(=O)OCCN1CCOC(C)(C)C1. The minimum atomic E-state index is -1.15. The Morgan fingerprint density at radius 2 is 2.16 bits per heavy atom. The van der Waals surface area contributed by atoms with Gasteiger partial charge in [0.25, 0.3) is 0 Å². The van der Waals surface area contributed by atoms with E-state index in [0.29, 0.717) is 13.2 Å². The smallest absolute Gasteiger partial charge is 0.334 e. The van der Waals surface area contributed by atoms with Crippen molar-refractivity contribution < 1.29 is 24.2 Å². The van der Waals surface area contributed by atoms with Crippen LogP contribution < -0.4 is 0 Å². The van der Waals surface area contributed by atoms with Gasteiger partial charge in [0.15, 0.2) is 0 Å². The van der Waals surface area contributed by atoms with Gasteiger partial charge in [0.1, 0.15) is 6.61 Å². The van der Waals surface area contributed by atoms with Crippen LogP contribution in [0.3, 0.4) is 0 Å². The first-order valence-electron chi connectivity index (χ1n) is 6.25. The highest BCUT2D eigenvalue weighted by Crippen LogP contribution is 2.15. The van der Waals surface area contributed by atoms with Crippen molar-refractivity contribution in [1.29, 1.82) is 0 Å². The van der Waals surface area contributed by atoms with Crippen LogP contribution >= 0.6 is 0 Å². The summed E-state index contributed by atoms with van der Waals surface area (Å²) in [6.45, 7) is 8.60. The number of nitrogens with zero attached hydrogens (tertiary/aromatic N) is 1. The van der Waals surface area contributed by atoms with Crippen LogP contribution in [0, 0.1) is 0 Å². The molecule has 0 bridgehead atoms. The number of morpholine rings is 1. The topological polar surface area (TPSA) is 76.1 Å². The Bertz CT molecular complexity index is 375. The van der Waals surface area contributed by atoms with Crippen LogP contribution in [0.25, 0.3) is 0 Å². The Hall–Kier alpha value is -1.40. The largest absolute Gasteiger partial charge is 0.478 e. The molecule has 0 aromatic rings. The number of hydrogen-bond donors (Lipinski definition) is 1. The van der Waals surface area contributed by atoms with E-state index in [1.807, 2.05) is 13.8 Å². The first kappa shape index (κ1) is 15.7. The first-order valence-corrected chi connectivity index (χ1v) is 6.25. The van der Waals surface area contributed by atoms with E-state index in [2.05, 4.69) is 4.90 Å². The van der Waals surface area contributed by atoms with E-state index >= 15 is 0 Å². The number of carbonyl (C=O) groups is 2. The van der Waals surface area contributed by atoms with Gasteiger partial charge in [0.05, 0.1) is 12.2 Å². The summed E-state index contributed by atoms with van der Waals surface area (Å²) in [7, 11) is 0. The zero-order chi connectivity index (χ0) is 14.5. The molecule has 1 rings (SSSR count). The van der Waals surface area contributed by atoms with Gasteiger partial charge < -0.3 is 14.6 Å². The third-order valence-electron chi connectivity index (χ3n) is 2.81. The number of carboxylic acids is 1. The quantitative estimate of drug-likeness (QED) is 0.585. The molecule has 0 saturated carbocycles. The average Bonchev–Trinajstić information content (AvgIpc) is 2.26. The minimum Gasteiger partial charge on any atom is -0.478 e. The number of ether oxygens (including phenoxy) is 2. The molecule has 1 N–H and O–H groups in total. The number of carboxylic acid groups (broad SMARTS) is 1. The molecule has 0 aliphatic carbocycles. The van der Waals surface area contributed by atoms with E-state index in [9.17, 15) is 9.59 Å². The highest BCUT2D eigenvalue weighted by atomic mass is 16.5. The zero-order valence-corrected chi connectivity index (χ0v) is 11.6. The van der Waals surface area contributed by atoms with E-state index < -0.39 is 11.9 Å². The maximum atomic E-state index is 11.5. The average molecular weight is 271 g/mol. The number of rotatable bonds is 5. The van der Waals surface area contributed by atoms with Crippen LogP contribution in [0.2, 0.25) is 0 Å². The van der Waals surface area contributed by atoms with Crippen LogP contribution in [0.15, 0.2) is 11.6 Å². The Balaban J connectivity index is 2.30. The van der Waals surface area contributed by atoms with Gasteiger partial charge in [-0.3, -0.25) is 4.90 Å². The van der Waals surface area contributed by atoms with Crippen LogP contribution in [0.5, 0.6) is 0 Å². The molecule has 0 spiro atoms. The lowest BCUT2D eigenvalue weighted by molar-refractivity contribution is -0.141. The summed E-state index contributed by atoms with van der Waals surface area (Å²) in [6, 6.07) is 0. The lowest BCUT2D eigenvalue weighted by atomic mass is 10.1. The predicted molar refractivity (Wildman–Crippen MR) is 68.8 cm³/mol. The molecule has 108 valence electrons. The molecular weight excluding hydrogens is 250 g/mol. The molecule has 1 aliphatic rings. The number of esters is 1. The summed E-state index contributed by atoms with van der Waals surface area (Å²) in [4.78, 5) is 24.0. The maximum Gasteiger partial charge on any atom is 0.334 e. The highest BCUT2D eigenvalue weighted by Gasteiger charge is 2.26. The molecule has 0 aromatic heterocycles. The molecule has 0 aromatic carbocycles. The van der Waals surface area contributed by atoms with E-state index in [4.69, 9.17) is 14.6 Å². The molecule has 0 unspecified atom stereocenters. The summed E-state index contributed by atoms with van der Waals surface area (Å²) in [5, 5.41) is 8.51. The molecule has 6 nitrogen and oxygen atoms in total. The highest BCUT2D eigenvalue weighted by molar-refractivity contribution is 5.95. The van der Waals surface area contributed by atoms with Gasteiger partial charge in [-0.05, 0) is 20.8 Å². The lowest BCUT2D eigenvalue weighted by Crippen LogP contribution is -2.49. The normalized spacial score (nSPS) is 20.1. The number of aliphatic carboxylic acids is 1. The van der Waals surface area contributed by atoms with Gasteiger partial charge in [-0.15, -0.1) is 0 Å². The van der Waals surface area contributed by atoms with Gasteiger partial charge in [0.2, 0.25) is 0 Å². The molecule has 6 heteroatoms. The maximum absolute atomic E-state index is 11.5. The van der Waals surface area contributed by atoms with Crippen molar-refractivity contribution in [2.24, 2.45) is 0 Å². The Labute approximate surface area is 113 Å². The second-order valence-corrected chi connectivity index (χ2v) is 5.19. The van der Waals surface area contributed by atoms with Crippen molar-refractivity contribution >= 4 is 11.9 Å². The number of carbonyl (C=O) groups excluding carboxylic acids is 1. The van der Waals surface area contributed by atoms with Crippen molar-refractivity contribution in [2.75, 3.05) is 32.8 Å². The van der Waals surface area contributed by atoms with Crippen LogP contribution in [-0.4, -0.2) is 60.4 Å². The Morgan fingerprint density at radius 1 is 1.47 bits per heavy atom. The summed E-state index contributed by atoms with van der Waals surface area (Å²) in [6.07, 6.45) is 0.847. The minimum absolute atomic E-state index is 0.0924. The van der Waals surface area contributed by atoms with Crippen molar-refractivity contribution in [3.05, 3.63) is 11.6 Å². The van der Waals surface area contributed by atoms with Crippen molar-refractivity contribution in [3.63, 3.8) is 0 Å². The third-order valence-corrected chi connectivity index (χ3v) is 2.81. The van der Waals surface area contributed by atoms with Crippen LogP contribution in [-0.2, 0) is 19.1 Å². The van der Waals surface area contributed by atoms with E-state index in [-0.39, 0.29) is 17.8 Å². The molecule has 0 atom stereocenters. The fraction of sp³-hybridized carbons (Fsp3) is 0.692. The second-order valence-electron chi connectivity index (χ2n) is 5.19. The van der Waals surface area contributed by atoms with Crippen molar-refractivity contribution in [3.8, 4) is 0 Å². The summed E-state index contributed by atoms with van der Waals surface area (Å²) in [5.74, 6) is -1.74. The lowest BCUT2D eigenvalue weighted by Gasteiger charge is -2.37. The molecule has 1 heterocycles. The molecule has 1 saturated heterocycles. The van der Waals surface area contributed by atoms with E-state index in [1.165, 1.54) is 6.92 Å². The fourth-order valence-corrected chi connectivity index (χ4v) is 1.93. The Morgan fingerprint density at radius 3 is 2.74 bits per heavy atom. The van der Waals surface area contributed by atoms with Gasteiger partial charge in [-0.25, -0.2) is 9.59 Å². The van der Waals surface area contributed by atoms with Gasteiger partial charge >= 0.3 is 11.9 Å². The first-order chi connectivity index (χ1) is 8.80. The van der Waals surface area contributed by atoms with Crippen molar-refractivity contribution in [2.45, 2.75) is 26.4 Å². The fourth-order valence-electron chi connectivity index (χ4n) is 1.93. The van der Waals surface area contributed by atoms with Gasteiger partial charge in [-0.1, -0.05) is 0 Å². The predicted octanol–water partition coefficient (Wildman–Crippen LogP) is 0.671. The van der Waals surface area contributed by atoms with Gasteiger partial charge in [0, 0.05) is 31.3 Å². The standard InChI is InChI=1S/C13H21NO5/c1-10(8-11(15)16)12(17)18-6-4-14-5-7-19-13(2,3)9-14/h8H,4-7,9H2,1-3H3,(H,15,16)/b10-8+. The molecule has 1 fully saturated rings.